The highest BCUT2D eigenvalue weighted by Crippen LogP contribution is 2.29. The van der Waals surface area contributed by atoms with E-state index in [0.29, 0.717) is 0 Å². The molecule has 1 aromatic carbocycles. The molecule has 2 heteroatoms. The van der Waals surface area contributed by atoms with Gasteiger partial charge in [-0.3, -0.25) is 0 Å². The molecule has 0 saturated heterocycles. The predicted molar refractivity (Wildman–Crippen MR) is 63.3 cm³/mol. The number of ether oxygens (including phenoxy) is 1. The van der Waals surface area contributed by atoms with Gasteiger partial charge in [0.2, 0.25) is 0 Å². The van der Waals surface area contributed by atoms with E-state index in [0.717, 1.165) is 25.0 Å². The number of rotatable bonds is 2. The van der Waals surface area contributed by atoms with Crippen LogP contribution < -0.4 is 4.74 Å². The van der Waals surface area contributed by atoms with Crippen LogP contribution in [0.25, 0.3) is 0 Å². The van der Waals surface area contributed by atoms with Gasteiger partial charge in [0.15, 0.2) is 0 Å². The Morgan fingerprint density at radius 2 is 2.06 bits per heavy atom. The van der Waals surface area contributed by atoms with Crippen molar-refractivity contribution >= 4 is 0 Å². The summed E-state index contributed by atoms with van der Waals surface area (Å²) < 4.78 is 5.89. The Morgan fingerprint density at radius 1 is 1.25 bits per heavy atom. The minimum absolute atomic E-state index is 0.0709. The third-order valence-corrected chi connectivity index (χ3v) is 3.38. The molecule has 1 aliphatic rings. The van der Waals surface area contributed by atoms with Crippen molar-refractivity contribution in [3.63, 3.8) is 0 Å². The molecule has 1 saturated carbocycles. The van der Waals surface area contributed by atoms with Gasteiger partial charge in [-0.05, 0) is 56.4 Å². The summed E-state index contributed by atoms with van der Waals surface area (Å²) in [4.78, 5) is 0. The summed E-state index contributed by atoms with van der Waals surface area (Å²) in [5.41, 5.74) is 2.51. The number of hydrogen-bond acceptors (Lipinski definition) is 2. The van der Waals surface area contributed by atoms with Crippen molar-refractivity contribution in [3.8, 4) is 11.8 Å². The molecule has 2 nitrogen and oxygen atoms in total. The van der Waals surface area contributed by atoms with E-state index >= 15 is 0 Å². The van der Waals surface area contributed by atoms with E-state index in [1.807, 2.05) is 6.07 Å². The number of aryl methyl sites for hydroxylation is 2. The van der Waals surface area contributed by atoms with Crippen LogP contribution in [0.1, 0.15) is 30.4 Å². The first-order valence-electron chi connectivity index (χ1n) is 5.84. The van der Waals surface area contributed by atoms with Gasteiger partial charge in [0.1, 0.15) is 11.9 Å². The molecule has 0 aromatic heterocycles. The Balaban J connectivity index is 2.09. The summed E-state index contributed by atoms with van der Waals surface area (Å²) in [6.45, 7) is 4.17. The van der Waals surface area contributed by atoms with Crippen LogP contribution in [-0.2, 0) is 0 Å². The van der Waals surface area contributed by atoms with Gasteiger partial charge in [0.05, 0.1) is 12.0 Å². The van der Waals surface area contributed by atoms with Crippen molar-refractivity contribution in [2.45, 2.75) is 39.2 Å². The summed E-state index contributed by atoms with van der Waals surface area (Å²) in [5.74, 6) is 0.969. The fourth-order valence-electron chi connectivity index (χ4n) is 2.18. The van der Waals surface area contributed by atoms with Crippen molar-refractivity contribution in [1.82, 2.24) is 0 Å². The Labute approximate surface area is 96.9 Å². The first-order valence-corrected chi connectivity index (χ1v) is 5.84. The van der Waals surface area contributed by atoms with Crippen LogP contribution in [0.4, 0.5) is 0 Å². The van der Waals surface area contributed by atoms with Gasteiger partial charge in [-0.15, -0.1) is 0 Å². The second-order valence-electron chi connectivity index (χ2n) is 4.57. The van der Waals surface area contributed by atoms with E-state index in [-0.39, 0.29) is 12.0 Å². The average molecular weight is 215 g/mol. The molecule has 2 unspecified atom stereocenters. The Bertz CT molecular complexity index is 419. The molecule has 0 heterocycles. The molecule has 1 aromatic rings. The van der Waals surface area contributed by atoms with Crippen molar-refractivity contribution in [2.75, 3.05) is 0 Å². The number of hydrogen-bond donors (Lipinski definition) is 0. The third-order valence-electron chi connectivity index (χ3n) is 3.38. The maximum atomic E-state index is 8.98. The molecule has 2 rings (SSSR count). The number of benzene rings is 1. The molecule has 0 bridgehead atoms. The summed E-state index contributed by atoms with van der Waals surface area (Å²) in [7, 11) is 0. The molecule has 0 radical (unpaired) electrons. The van der Waals surface area contributed by atoms with Crippen LogP contribution in [0.15, 0.2) is 18.2 Å². The van der Waals surface area contributed by atoms with Crippen molar-refractivity contribution < 1.29 is 4.74 Å². The molecule has 0 spiro atoms. The van der Waals surface area contributed by atoms with Gasteiger partial charge in [0, 0.05) is 0 Å². The summed E-state index contributed by atoms with van der Waals surface area (Å²) >= 11 is 0. The quantitative estimate of drug-likeness (QED) is 0.757. The third kappa shape index (κ3) is 2.19. The minimum atomic E-state index is 0.0709. The SMILES string of the molecule is Cc1ccc(OC2CCCC2C#N)cc1C. The fraction of sp³-hybridized carbons (Fsp3) is 0.500. The molecule has 0 N–H and O–H groups in total. The molecule has 84 valence electrons. The first-order chi connectivity index (χ1) is 7.70. The van der Waals surface area contributed by atoms with Crippen LogP contribution in [0.3, 0.4) is 0 Å². The lowest BCUT2D eigenvalue weighted by atomic mass is 10.1. The molecule has 1 aliphatic carbocycles. The first kappa shape index (κ1) is 11.0. The van der Waals surface area contributed by atoms with Gasteiger partial charge in [-0.1, -0.05) is 6.07 Å². The maximum absolute atomic E-state index is 8.98. The lowest BCUT2D eigenvalue weighted by Gasteiger charge is -2.17. The largest absolute Gasteiger partial charge is 0.489 e. The Kier molecular flexibility index (Phi) is 3.14. The number of nitriles is 1. The molecule has 1 fully saturated rings. The predicted octanol–water partition coefficient (Wildman–Crippen LogP) is 3.37. The van der Waals surface area contributed by atoms with Crippen LogP contribution in [0.5, 0.6) is 5.75 Å². The smallest absolute Gasteiger partial charge is 0.120 e. The van der Waals surface area contributed by atoms with Crippen LogP contribution >= 0.6 is 0 Å². The van der Waals surface area contributed by atoms with Gasteiger partial charge in [0.25, 0.3) is 0 Å². The average Bonchev–Trinajstić information content (AvgIpc) is 2.71. The lowest BCUT2D eigenvalue weighted by molar-refractivity contribution is 0.182. The highest BCUT2D eigenvalue weighted by atomic mass is 16.5. The van der Waals surface area contributed by atoms with E-state index < -0.39 is 0 Å². The van der Waals surface area contributed by atoms with Crippen LogP contribution in [0, 0.1) is 31.1 Å². The second-order valence-corrected chi connectivity index (χ2v) is 4.57. The summed E-state index contributed by atoms with van der Waals surface area (Å²) in [6, 6.07) is 8.46. The monoisotopic (exact) mass is 215 g/mol. The summed E-state index contributed by atoms with van der Waals surface area (Å²) in [6.07, 6.45) is 3.18. The van der Waals surface area contributed by atoms with E-state index in [1.165, 1.54) is 11.1 Å². The summed E-state index contributed by atoms with van der Waals surface area (Å²) in [5, 5.41) is 8.98. The van der Waals surface area contributed by atoms with E-state index in [9.17, 15) is 0 Å². The normalized spacial score (nSPS) is 24.1. The fourth-order valence-corrected chi connectivity index (χ4v) is 2.18. The molecule has 0 aliphatic heterocycles. The molecular formula is C14H17NO. The second kappa shape index (κ2) is 4.57. The number of nitrogens with zero attached hydrogens (tertiary/aromatic N) is 1. The molecule has 0 amide bonds. The van der Waals surface area contributed by atoms with Crippen molar-refractivity contribution in [3.05, 3.63) is 29.3 Å². The maximum Gasteiger partial charge on any atom is 0.120 e. The van der Waals surface area contributed by atoms with Gasteiger partial charge in [-0.25, -0.2) is 0 Å². The molecule has 16 heavy (non-hydrogen) atoms. The van der Waals surface area contributed by atoms with E-state index in [1.54, 1.807) is 0 Å². The van der Waals surface area contributed by atoms with Crippen molar-refractivity contribution in [1.29, 1.82) is 5.26 Å². The zero-order valence-corrected chi connectivity index (χ0v) is 9.86. The highest BCUT2D eigenvalue weighted by Gasteiger charge is 2.28. The van der Waals surface area contributed by atoms with Gasteiger partial charge >= 0.3 is 0 Å². The zero-order chi connectivity index (χ0) is 11.5. The minimum Gasteiger partial charge on any atom is -0.489 e. The van der Waals surface area contributed by atoms with Crippen molar-refractivity contribution in [2.24, 2.45) is 5.92 Å². The topological polar surface area (TPSA) is 33.0 Å². The standard InChI is InChI=1S/C14H17NO/c1-10-6-7-13(8-11(10)2)16-14-5-3-4-12(14)9-15/h6-8,12,14H,3-5H2,1-2H3. The Morgan fingerprint density at radius 3 is 2.75 bits per heavy atom. The van der Waals surface area contributed by atoms with E-state index in [4.69, 9.17) is 10.00 Å². The molecular weight excluding hydrogens is 198 g/mol. The van der Waals surface area contributed by atoms with E-state index in [2.05, 4.69) is 32.0 Å². The zero-order valence-electron chi connectivity index (χ0n) is 9.86. The van der Waals surface area contributed by atoms with Gasteiger partial charge in [-0.2, -0.15) is 5.26 Å². The van der Waals surface area contributed by atoms with Crippen LogP contribution in [0.2, 0.25) is 0 Å². The highest BCUT2D eigenvalue weighted by molar-refractivity contribution is 5.34. The lowest BCUT2D eigenvalue weighted by Crippen LogP contribution is -2.20. The van der Waals surface area contributed by atoms with Crippen LogP contribution in [-0.4, -0.2) is 6.10 Å². The Hall–Kier alpha value is -1.49. The molecule has 2 atom stereocenters. The van der Waals surface area contributed by atoms with Gasteiger partial charge < -0.3 is 4.74 Å².